The van der Waals surface area contributed by atoms with Crippen LogP contribution in [0.15, 0.2) is 195 Å². The molecule has 0 fully saturated rings. The van der Waals surface area contributed by atoms with E-state index < -0.39 is 23.0 Å². The van der Waals surface area contributed by atoms with Crippen molar-refractivity contribution in [2.24, 2.45) is 0 Å². The molecule has 0 amide bonds. The summed E-state index contributed by atoms with van der Waals surface area (Å²) in [6.45, 7) is 21.9. The van der Waals surface area contributed by atoms with Crippen molar-refractivity contribution in [1.82, 2.24) is 39.9 Å². The molecule has 8 N–H and O–H groups in total. The molecule has 0 bridgehead atoms. The molecule has 0 unspecified atom stereocenters. The van der Waals surface area contributed by atoms with Gasteiger partial charge in [-0.1, -0.05) is 97.1 Å². The van der Waals surface area contributed by atoms with Crippen molar-refractivity contribution in [3.05, 3.63) is 274 Å². The van der Waals surface area contributed by atoms with Crippen LogP contribution in [0.5, 0.6) is 46.0 Å². The zero-order valence-corrected chi connectivity index (χ0v) is 53.8. The third kappa shape index (κ3) is 20.0. The predicted molar refractivity (Wildman–Crippen MR) is 369 cm³/mol. The summed E-state index contributed by atoms with van der Waals surface area (Å²) in [6, 6.07) is 54.3. The van der Waals surface area contributed by atoms with Crippen LogP contribution in [0.3, 0.4) is 0 Å². The molecule has 13 rings (SSSR count). The maximum Gasteiger partial charge on any atom is 0.164 e. The molecule has 16 heteroatoms. The average molecular weight is 1230 g/mol. The molecule has 470 valence electrons. The van der Waals surface area contributed by atoms with Gasteiger partial charge < -0.3 is 40.9 Å². The fraction of sp³-hybridized carbons (Fsp3) is 0.158. The molecule has 0 aliphatic heterocycles. The van der Waals surface area contributed by atoms with Crippen LogP contribution in [0.1, 0.15) is 78.9 Å². The van der Waals surface area contributed by atoms with Gasteiger partial charge in [0.25, 0.3) is 0 Å². The molecule has 6 heterocycles. The van der Waals surface area contributed by atoms with Gasteiger partial charge in [-0.15, -0.1) is 0 Å². The van der Waals surface area contributed by atoms with E-state index in [-0.39, 0.29) is 34.1 Å². The maximum atomic E-state index is 9.17. The first-order valence-electron chi connectivity index (χ1n) is 29.4. The Balaban J connectivity index is 0.000000168. The van der Waals surface area contributed by atoms with E-state index >= 15 is 0 Å². The molecule has 13 aromatic rings. The molecule has 0 aliphatic carbocycles. The lowest BCUT2D eigenvalue weighted by atomic mass is 10.1. The Morgan fingerprint density at radius 1 is 0.239 bits per heavy atom. The van der Waals surface area contributed by atoms with Gasteiger partial charge in [-0.3, -0.25) is 29.9 Å². The topological polar surface area (TPSA) is 265 Å². The first-order valence-corrected chi connectivity index (χ1v) is 29.4. The van der Waals surface area contributed by atoms with Crippen LogP contribution in [0.25, 0.3) is 55.8 Å². The number of phenols is 8. The first kappa shape index (κ1) is 69.6. The van der Waals surface area contributed by atoms with Crippen LogP contribution in [0, 0.1) is 83.1 Å². The zero-order valence-electron chi connectivity index (χ0n) is 53.8. The number of fused-ring (bicyclic) bond motifs is 4. The molecule has 0 atom stereocenters. The number of aryl methyl sites for hydroxylation is 8. The molecule has 0 spiro atoms. The van der Waals surface area contributed by atoms with Crippen molar-refractivity contribution in [2.45, 2.75) is 83.1 Å². The van der Waals surface area contributed by atoms with E-state index in [1.54, 1.807) is 50.8 Å². The third-order valence-electron chi connectivity index (χ3n) is 14.6. The van der Waals surface area contributed by atoms with E-state index in [9.17, 15) is 20.4 Å². The minimum atomic E-state index is -0.400. The van der Waals surface area contributed by atoms with Crippen molar-refractivity contribution in [1.29, 1.82) is 0 Å². The quantitative estimate of drug-likeness (QED) is 0.0454. The average Bonchev–Trinajstić information content (AvgIpc) is 0.929. The Hall–Kier alpha value is -11.5. The van der Waals surface area contributed by atoms with Gasteiger partial charge in [0.1, 0.15) is 23.0 Å². The highest BCUT2D eigenvalue weighted by molar-refractivity contribution is 5.93. The monoisotopic (exact) mass is 1230 g/mol. The second-order valence-electron chi connectivity index (χ2n) is 21.3. The predicted octanol–water partition coefficient (Wildman–Crippen LogP) is 16.8. The number of nitrogens with zero attached hydrogens (tertiary/aromatic N) is 8. The molecular formula is C76H78N8O8. The number of phenolic OH excluding ortho intramolecular Hbond substituents is 8. The minimum Gasteiger partial charge on any atom is -0.508 e. The van der Waals surface area contributed by atoms with Crippen LogP contribution < -0.4 is 0 Å². The summed E-state index contributed by atoms with van der Waals surface area (Å²) >= 11 is 0. The number of benzene rings is 7. The normalized spacial score (nSPS) is 10.3. The minimum absolute atomic E-state index is 0.0654. The molecule has 0 aliphatic rings. The highest BCUT2D eigenvalue weighted by atomic mass is 16.3. The zero-order chi connectivity index (χ0) is 67.0. The number of rotatable bonds is 2. The van der Waals surface area contributed by atoms with Gasteiger partial charge in [-0.2, -0.15) is 0 Å². The molecule has 6 aromatic heterocycles. The number of hydrogen-bond acceptors (Lipinski definition) is 16. The summed E-state index contributed by atoms with van der Waals surface area (Å²) in [6.07, 6.45) is 11.2. The third-order valence-corrected chi connectivity index (χ3v) is 14.6. The summed E-state index contributed by atoms with van der Waals surface area (Å²) in [7, 11) is 0. The van der Waals surface area contributed by atoms with Crippen molar-refractivity contribution in [2.75, 3.05) is 0 Å². The SMILES string of the molecule is C(=C\c1ccncc1)/c1ccncc1.Cc1c(O)c(O)c(C)c(O)c1O.Cc1c(O)cccc1O.Cc1c(O)cccc1O.Cc1nc(C)c(C)nc1C.Cc1nc(C)c(C)nc1C.c1ccc2nc3ccccc3cc2c1.c1ccc2nc3ccccc3cc2c1. The second kappa shape index (κ2) is 33.7. The number of aromatic hydroxyl groups is 8. The maximum absolute atomic E-state index is 9.17. The fourth-order valence-corrected chi connectivity index (χ4v) is 8.39. The Morgan fingerprint density at radius 3 is 0.674 bits per heavy atom. The lowest BCUT2D eigenvalue weighted by Crippen LogP contribution is -1.97. The number of pyridine rings is 4. The van der Waals surface area contributed by atoms with E-state index in [0.717, 1.165) is 78.7 Å². The fourth-order valence-electron chi connectivity index (χ4n) is 8.39. The van der Waals surface area contributed by atoms with Gasteiger partial charge in [0.2, 0.25) is 0 Å². The number of hydrogen-bond donors (Lipinski definition) is 8. The highest BCUT2D eigenvalue weighted by Gasteiger charge is 2.17. The van der Waals surface area contributed by atoms with E-state index in [4.69, 9.17) is 20.4 Å². The Bertz CT molecular complexity index is 3890. The van der Waals surface area contributed by atoms with Crippen LogP contribution >= 0.6 is 0 Å². The summed E-state index contributed by atoms with van der Waals surface area (Å²) < 4.78 is 0. The summed E-state index contributed by atoms with van der Waals surface area (Å²) in [5.41, 5.74) is 16.0. The van der Waals surface area contributed by atoms with E-state index in [1.807, 2.05) is 152 Å². The van der Waals surface area contributed by atoms with Crippen molar-refractivity contribution >= 4 is 55.8 Å². The molecular weight excluding hydrogens is 1150 g/mol. The second-order valence-corrected chi connectivity index (χ2v) is 21.3. The van der Waals surface area contributed by atoms with E-state index in [1.165, 1.54) is 59.7 Å². The lowest BCUT2D eigenvalue weighted by Gasteiger charge is -2.09. The van der Waals surface area contributed by atoms with E-state index in [2.05, 4.69) is 88.4 Å². The highest BCUT2D eigenvalue weighted by Crippen LogP contribution is 2.45. The van der Waals surface area contributed by atoms with Crippen LogP contribution in [0.4, 0.5) is 0 Å². The summed E-state index contributed by atoms with van der Waals surface area (Å²) in [5.74, 6) is -1.06. The van der Waals surface area contributed by atoms with Crippen molar-refractivity contribution < 1.29 is 40.9 Å². The number of aromatic nitrogens is 8. The van der Waals surface area contributed by atoms with Crippen molar-refractivity contribution in [3.63, 3.8) is 0 Å². The molecule has 0 saturated carbocycles. The van der Waals surface area contributed by atoms with Crippen LogP contribution in [-0.4, -0.2) is 80.7 Å². The van der Waals surface area contributed by atoms with Gasteiger partial charge in [0.05, 0.1) is 67.6 Å². The number of para-hydroxylation sites is 4. The van der Waals surface area contributed by atoms with Gasteiger partial charge >= 0.3 is 0 Å². The molecule has 92 heavy (non-hydrogen) atoms. The summed E-state index contributed by atoms with van der Waals surface area (Å²) in [5, 5.41) is 77.2. The van der Waals surface area contributed by atoms with Crippen LogP contribution in [0.2, 0.25) is 0 Å². The Kier molecular flexibility index (Phi) is 25.5. The standard InChI is InChI=1S/2C13H9N.C12H10N2.2C8H12N2.C8H10O4.2C7H8O2/c2*1-3-7-12-10(5-1)9-11-6-2-4-8-13(11)14-12;1(11-3-7-13-8-4-11)2-12-5-9-14-10-6-12;2*1-5-6(2)10-8(4)7(3)9-5;1-3-5(9)7(11)4(2)8(12)6(3)10;2*1-5-6(8)3-2-4-7(5)9/h2*1-9H;1-10H;2*1-4H3;9-12H,1-2H3;2*2-4,8-9H,1H3/b;;2-1+;;;;;. The molecule has 16 nitrogen and oxygen atoms in total. The largest absolute Gasteiger partial charge is 0.508 e. The molecule has 0 saturated heterocycles. The van der Waals surface area contributed by atoms with E-state index in [0.29, 0.717) is 11.1 Å². The lowest BCUT2D eigenvalue weighted by molar-refractivity contribution is 0.364. The molecule has 0 radical (unpaired) electrons. The molecule has 7 aromatic carbocycles. The van der Waals surface area contributed by atoms with Gasteiger partial charge in [0.15, 0.2) is 23.0 Å². The van der Waals surface area contributed by atoms with Gasteiger partial charge in [-0.05, 0) is 179 Å². The summed E-state index contributed by atoms with van der Waals surface area (Å²) in [4.78, 5) is 34.3. The Morgan fingerprint density at radius 2 is 0.457 bits per heavy atom. The van der Waals surface area contributed by atoms with Gasteiger partial charge in [-0.25, -0.2) is 9.97 Å². The van der Waals surface area contributed by atoms with Gasteiger partial charge in [0, 0.05) is 68.6 Å². The smallest absolute Gasteiger partial charge is 0.164 e. The van der Waals surface area contributed by atoms with Crippen molar-refractivity contribution in [3.8, 4) is 46.0 Å². The Labute approximate surface area is 536 Å². The first-order chi connectivity index (χ1) is 43.9. The van der Waals surface area contributed by atoms with Crippen LogP contribution in [-0.2, 0) is 0 Å².